The second-order valence-corrected chi connectivity index (χ2v) is 6.57. The van der Waals surface area contributed by atoms with Crippen molar-refractivity contribution in [3.05, 3.63) is 0 Å². The predicted octanol–water partition coefficient (Wildman–Crippen LogP) is 2.78. The molecule has 3 fully saturated rings. The average molecular weight is 236 g/mol. The number of hydrogen-bond donors (Lipinski definition) is 1. The van der Waals surface area contributed by atoms with Gasteiger partial charge in [-0.15, -0.1) is 0 Å². The first-order chi connectivity index (χ1) is 8.29. The summed E-state index contributed by atoms with van der Waals surface area (Å²) in [5, 5.41) is 3.51. The van der Waals surface area contributed by atoms with E-state index in [0.29, 0.717) is 0 Å². The zero-order valence-corrected chi connectivity index (χ0v) is 11.5. The summed E-state index contributed by atoms with van der Waals surface area (Å²) in [6.45, 7) is 2.51. The van der Waals surface area contributed by atoms with E-state index in [2.05, 4.69) is 24.2 Å². The Hall–Kier alpha value is -0.0800. The van der Waals surface area contributed by atoms with Crippen molar-refractivity contribution in [2.75, 3.05) is 7.05 Å². The van der Waals surface area contributed by atoms with E-state index in [1.165, 1.54) is 51.4 Å². The minimum Gasteiger partial charge on any atom is -0.317 e. The Morgan fingerprint density at radius 3 is 2.12 bits per heavy atom. The molecule has 3 aliphatic rings. The van der Waals surface area contributed by atoms with Gasteiger partial charge in [-0.1, -0.05) is 12.8 Å². The summed E-state index contributed by atoms with van der Waals surface area (Å²) in [4.78, 5) is 2.92. The number of piperidine rings is 1. The molecule has 2 heterocycles. The standard InChI is InChI=1S/C15H28N2/c1-11(12-5-3-4-6-12)17-14-7-8-15(17)10-13(9-14)16-2/h11-16H,3-10H2,1-2H3. The van der Waals surface area contributed by atoms with E-state index in [4.69, 9.17) is 0 Å². The van der Waals surface area contributed by atoms with Crippen molar-refractivity contribution in [3.63, 3.8) is 0 Å². The van der Waals surface area contributed by atoms with Crippen LogP contribution in [0.3, 0.4) is 0 Å². The molecule has 2 heteroatoms. The molecule has 98 valence electrons. The van der Waals surface area contributed by atoms with Crippen molar-refractivity contribution in [3.8, 4) is 0 Å². The van der Waals surface area contributed by atoms with Crippen LogP contribution in [-0.4, -0.2) is 36.1 Å². The summed E-state index contributed by atoms with van der Waals surface area (Å²) in [5.41, 5.74) is 0. The molecule has 2 nitrogen and oxygen atoms in total. The van der Waals surface area contributed by atoms with Gasteiger partial charge in [0.15, 0.2) is 0 Å². The molecule has 2 bridgehead atoms. The van der Waals surface area contributed by atoms with Crippen LogP contribution in [0, 0.1) is 5.92 Å². The fraction of sp³-hybridized carbons (Fsp3) is 1.00. The fourth-order valence-corrected chi connectivity index (χ4v) is 4.80. The Balaban J connectivity index is 1.67. The molecule has 1 N–H and O–H groups in total. The number of nitrogens with zero attached hydrogens (tertiary/aromatic N) is 1. The molecule has 17 heavy (non-hydrogen) atoms. The van der Waals surface area contributed by atoms with Gasteiger partial charge in [0.2, 0.25) is 0 Å². The molecular formula is C15H28N2. The largest absolute Gasteiger partial charge is 0.317 e. The molecule has 0 aromatic carbocycles. The molecule has 3 atom stereocenters. The predicted molar refractivity (Wildman–Crippen MR) is 72.2 cm³/mol. The second kappa shape index (κ2) is 4.89. The lowest BCUT2D eigenvalue weighted by molar-refractivity contribution is 0.0518. The third-order valence-corrected chi connectivity index (χ3v) is 5.75. The van der Waals surface area contributed by atoms with Gasteiger partial charge in [0.05, 0.1) is 0 Å². The van der Waals surface area contributed by atoms with Crippen LogP contribution in [0.1, 0.15) is 58.3 Å². The normalized spacial score (nSPS) is 40.9. The first-order valence-electron chi connectivity index (χ1n) is 7.74. The smallest absolute Gasteiger partial charge is 0.0116 e. The van der Waals surface area contributed by atoms with Crippen molar-refractivity contribution in [2.24, 2.45) is 5.92 Å². The molecule has 0 aromatic rings. The highest BCUT2D eigenvalue weighted by Crippen LogP contribution is 2.41. The van der Waals surface area contributed by atoms with Crippen LogP contribution in [0.5, 0.6) is 0 Å². The molecule has 0 radical (unpaired) electrons. The second-order valence-electron chi connectivity index (χ2n) is 6.57. The summed E-state index contributed by atoms with van der Waals surface area (Å²) in [6, 6.07) is 3.43. The maximum absolute atomic E-state index is 3.51. The van der Waals surface area contributed by atoms with Gasteiger partial charge in [0.25, 0.3) is 0 Å². The molecule has 1 aliphatic carbocycles. The third kappa shape index (κ3) is 2.15. The lowest BCUT2D eigenvalue weighted by atomic mass is 9.90. The topological polar surface area (TPSA) is 15.3 Å². The van der Waals surface area contributed by atoms with Crippen molar-refractivity contribution in [1.29, 1.82) is 0 Å². The molecule has 3 rings (SSSR count). The lowest BCUT2D eigenvalue weighted by Crippen LogP contribution is -2.53. The van der Waals surface area contributed by atoms with Gasteiger partial charge in [-0.2, -0.15) is 0 Å². The minimum absolute atomic E-state index is 0.791. The zero-order chi connectivity index (χ0) is 11.8. The van der Waals surface area contributed by atoms with Crippen molar-refractivity contribution in [1.82, 2.24) is 10.2 Å². The van der Waals surface area contributed by atoms with Crippen molar-refractivity contribution in [2.45, 2.75) is 82.5 Å². The van der Waals surface area contributed by atoms with E-state index < -0.39 is 0 Å². The van der Waals surface area contributed by atoms with Gasteiger partial charge in [-0.3, -0.25) is 4.90 Å². The number of rotatable bonds is 3. The Labute approximate surface area is 106 Å². The molecular weight excluding hydrogens is 208 g/mol. The quantitative estimate of drug-likeness (QED) is 0.810. The SMILES string of the molecule is CNC1CC2CCC(C1)N2C(C)C1CCCC1. The van der Waals surface area contributed by atoms with Gasteiger partial charge in [-0.25, -0.2) is 0 Å². The summed E-state index contributed by atoms with van der Waals surface area (Å²) in [7, 11) is 2.14. The fourth-order valence-electron chi connectivity index (χ4n) is 4.80. The maximum atomic E-state index is 3.51. The van der Waals surface area contributed by atoms with Gasteiger partial charge in [0, 0.05) is 24.2 Å². The monoisotopic (exact) mass is 236 g/mol. The van der Waals surface area contributed by atoms with Crippen molar-refractivity contribution >= 4 is 0 Å². The summed E-state index contributed by atoms with van der Waals surface area (Å²) in [5.74, 6) is 1.00. The molecule has 1 saturated carbocycles. The Kier molecular flexibility index (Phi) is 3.45. The third-order valence-electron chi connectivity index (χ3n) is 5.75. The van der Waals surface area contributed by atoms with Crippen LogP contribution in [0.25, 0.3) is 0 Å². The van der Waals surface area contributed by atoms with E-state index in [9.17, 15) is 0 Å². The summed E-state index contributed by atoms with van der Waals surface area (Å²) < 4.78 is 0. The minimum atomic E-state index is 0.791. The van der Waals surface area contributed by atoms with E-state index >= 15 is 0 Å². The highest BCUT2D eigenvalue weighted by Gasteiger charge is 2.44. The van der Waals surface area contributed by atoms with Gasteiger partial charge in [0.1, 0.15) is 0 Å². The number of nitrogens with one attached hydrogen (secondary N) is 1. The van der Waals surface area contributed by atoms with E-state index in [-0.39, 0.29) is 0 Å². The molecule has 2 aliphatic heterocycles. The number of fused-ring (bicyclic) bond motifs is 2. The summed E-state index contributed by atoms with van der Waals surface area (Å²) in [6.07, 6.45) is 11.7. The lowest BCUT2D eigenvalue weighted by Gasteiger charge is -2.44. The number of hydrogen-bond acceptors (Lipinski definition) is 2. The van der Waals surface area contributed by atoms with Gasteiger partial charge in [-0.05, 0) is 58.4 Å². The summed E-state index contributed by atoms with van der Waals surface area (Å²) >= 11 is 0. The van der Waals surface area contributed by atoms with Crippen molar-refractivity contribution < 1.29 is 0 Å². The average Bonchev–Trinajstić information content (AvgIpc) is 2.95. The maximum Gasteiger partial charge on any atom is 0.0116 e. The highest BCUT2D eigenvalue weighted by atomic mass is 15.3. The first-order valence-corrected chi connectivity index (χ1v) is 7.74. The Morgan fingerprint density at radius 2 is 1.59 bits per heavy atom. The van der Waals surface area contributed by atoms with E-state index in [1.807, 2.05) is 0 Å². The Bertz CT molecular complexity index is 246. The van der Waals surface area contributed by atoms with Crippen LogP contribution in [-0.2, 0) is 0 Å². The van der Waals surface area contributed by atoms with Gasteiger partial charge >= 0.3 is 0 Å². The van der Waals surface area contributed by atoms with Crippen LogP contribution < -0.4 is 5.32 Å². The van der Waals surface area contributed by atoms with Crippen LogP contribution >= 0.6 is 0 Å². The Morgan fingerprint density at radius 1 is 1.00 bits per heavy atom. The zero-order valence-electron chi connectivity index (χ0n) is 11.5. The highest BCUT2D eigenvalue weighted by molar-refractivity contribution is 5.00. The molecule has 0 aromatic heterocycles. The van der Waals surface area contributed by atoms with Crippen LogP contribution in [0.4, 0.5) is 0 Å². The van der Waals surface area contributed by atoms with E-state index in [1.54, 1.807) is 0 Å². The molecule has 2 saturated heterocycles. The van der Waals surface area contributed by atoms with Crippen LogP contribution in [0.2, 0.25) is 0 Å². The molecule has 0 spiro atoms. The molecule has 3 unspecified atom stereocenters. The molecule has 0 amide bonds. The van der Waals surface area contributed by atoms with Crippen LogP contribution in [0.15, 0.2) is 0 Å². The van der Waals surface area contributed by atoms with Gasteiger partial charge < -0.3 is 5.32 Å². The first kappa shape index (κ1) is 12.0. The van der Waals surface area contributed by atoms with E-state index in [0.717, 1.165) is 30.1 Å².